The second-order valence-corrected chi connectivity index (χ2v) is 10.3. The number of nitrogens with one attached hydrogen (secondary N) is 2. The van der Waals surface area contributed by atoms with E-state index in [1.54, 1.807) is 39.0 Å². The van der Waals surface area contributed by atoms with Gasteiger partial charge >= 0.3 is 6.09 Å². The van der Waals surface area contributed by atoms with Gasteiger partial charge in [0, 0.05) is 25.1 Å². The monoisotopic (exact) mass is 540 g/mol. The molecule has 4 amide bonds. The molecule has 0 aromatic heterocycles. The van der Waals surface area contributed by atoms with Crippen LogP contribution in [0.4, 0.5) is 4.79 Å². The molecule has 0 aliphatic carbocycles. The van der Waals surface area contributed by atoms with Gasteiger partial charge in [-0.15, -0.1) is 0 Å². The summed E-state index contributed by atoms with van der Waals surface area (Å²) in [6, 6.07) is 13.2. The highest BCUT2D eigenvalue weighted by molar-refractivity contribution is 5.92. The summed E-state index contributed by atoms with van der Waals surface area (Å²) in [5.74, 6) is -1.90. The normalized spacial score (nSPS) is 12.6. The summed E-state index contributed by atoms with van der Waals surface area (Å²) in [7, 11) is 0. The number of carbonyl (C=O) groups excluding carboxylic acids is 4. The summed E-state index contributed by atoms with van der Waals surface area (Å²) < 4.78 is 5.33. The first-order chi connectivity index (χ1) is 18.4. The Morgan fingerprint density at radius 2 is 1.67 bits per heavy atom. The molecule has 10 heteroatoms. The van der Waals surface area contributed by atoms with Crippen molar-refractivity contribution in [1.29, 1.82) is 0 Å². The number of rotatable bonds is 13. The molecular formula is C29H40N4O6. The highest BCUT2D eigenvalue weighted by atomic mass is 16.6. The maximum atomic E-state index is 14.0. The number of alkyl carbamates (subject to hydrolysis) is 1. The minimum Gasteiger partial charge on any atom is -0.508 e. The minimum atomic E-state index is -1.20. The van der Waals surface area contributed by atoms with Crippen LogP contribution in [0.5, 0.6) is 5.75 Å². The third-order valence-electron chi connectivity index (χ3n) is 5.81. The molecule has 39 heavy (non-hydrogen) atoms. The van der Waals surface area contributed by atoms with E-state index in [2.05, 4.69) is 10.6 Å². The first-order valence-corrected chi connectivity index (χ1v) is 13.1. The van der Waals surface area contributed by atoms with Gasteiger partial charge in [-0.05, 0) is 45.2 Å². The van der Waals surface area contributed by atoms with Gasteiger partial charge < -0.3 is 31.1 Å². The molecule has 0 radical (unpaired) electrons. The van der Waals surface area contributed by atoms with Crippen LogP contribution in [0.3, 0.4) is 0 Å². The number of carbonyl (C=O) groups is 4. The van der Waals surface area contributed by atoms with Crippen LogP contribution in [-0.2, 0) is 25.7 Å². The number of nitrogens with zero attached hydrogens (tertiary/aromatic N) is 1. The summed E-state index contributed by atoms with van der Waals surface area (Å²) in [5.41, 5.74) is 5.61. The average Bonchev–Trinajstić information content (AvgIpc) is 2.87. The van der Waals surface area contributed by atoms with Crippen molar-refractivity contribution < 1.29 is 29.0 Å². The fourth-order valence-electron chi connectivity index (χ4n) is 3.94. The van der Waals surface area contributed by atoms with Crippen molar-refractivity contribution in [2.75, 3.05) is 6.54 Å². The van der Waals surface area contributed by atoms with Gasteiger partial charge in [-0.2, -0.15) is 0 Å². The van der Waals surface area contributed by atoms with Gasteiger partial charge in [-0.1, -0.05) is 61.9 Å². The van der Waals surface area contributed by atoms with Gasteiger partial charge in [0.15, 0.2) is 0 Å². The van der Waals surface area contributed by atoms with Crippen LogP contribution >= 0.6 is 0 Å². The van der Waals surface area contributed by atoms with Gasteiger partial charge in [0.05, 0.1) is 0 Å². The Bertz CT molecular complexity index is 1120. The molecule has 10 nitrogen and oxygen atoms in total. The van der Waals surface area contributed by atoms with Crippen LogP contribution in [0, 0.1) is 0 Å². The minimum absolute atomic E-state index is 0.0881. The van der Waals surface area contributed by atoms with Gasteiger partial charge in [0.25, 0.3) is 0 Å². The number of nitrogens with two attached hydrogens (primary N) is 1. The topological polar surface area (TPSA) is 151 Å². The number of phenolic OH excluding ortho intramolecular Hbond substituents is 1. The number of benzene rings is 2. The van der Waals surface area contributed by atoms with Crippen LogP contribution < -0.4 is 16.4 Å². The Morgan fingerprint density at radius 1 is 1.03 bits per heavy atom. The zero-order valence-electron chi connectivity index (χ0n) is 23.1. The molecule has 5 N–H and O–H groups in total. The quantitative estimate of drug-likeness (QED) is 0.305. The lowest BCUT2D eigenvalue weighted by Crippen LogP contribution is -2.53. The van der Waals surface area contributed by atoms with Crippen LogP contribution in [0.15, 0.2) is 54.6 Å². The number of phenols is 1. The van der Waals surface area contributed by atoms with E-state index in [0.717, 1.165) is 5.56 Å². The molecule has 0 heterocycles. The van der Waals surface area contributed by atoms with Crippen LogP contribution in [-0.4, -0.2) is 52.0 Å². The van der Waals surface area contributed by atoms with Crippen molar-refractivity contribution in [3.63, 3.8) is 0 Å². The Kier molecular flexibility index (Phi) is 11.8. The molecule has 2 aromatic rings. The molecule has 2 rings (SSSR count). The smallest absolute Gasteiger partial charge is 0.408 e. The van der Waals surface area contributed by atoms with E-state index in [4.69, 9.17) is 10.5 Å². The summed E-state index contributed by atoms with van der Waals surface area (Å²) in [6.45, 7) is 7.37. The van der Waals surface area contributed by atoms with E-state index in [-0.39, 0.29) is 37.2 Å². The van der Waals surface area contributed by atoms with Crippen molar-refractivity contribution in [2.45, 2.75) is 77.6 Å². The van der Waals surface area contributed by atoms with Gasteiger partial charge in [-0.3, -0.25) is 14.4 Å². The standard InChI is InChI=1S/C29H40N4O6/c1-5-6-18-33(27(37)22(16-17-24(30)35)32-28(38)39-29(2,3)4)25(21-14-10-11-15-23(21)34)26(36)31-19-20-12-8-7-9-13-20/h7-15,22,25,34H,5-6,16-19H2,1-4H3,(H2,30,35)(H,31,36)(H,32,38). The molecule has 0 aliphatic rings. The zero-order valence-corrected chi connectivity index (χ0v) is 23.1. The first-order valence-electron chi connectivity index (χ1n) is 13.1. The molecule has 2 atom stereocenters. The lowest BCUT2D eigenvalue weighted by atomic mass is 10.00. The van der Waals surface area contributed by atoms with E-state index in [1.807, 2.05) is 37.3 Å². The summed E-state index contributed by atoms with van der Waals surface area (Å²) in [5, 5.41) is 16.1. The number of primary amides is 1. The number of ether oxygens (including phenoxy) is 1. The van der Waals surface area contributed by atoms with Crippen molar-refractivity contribution in [1.82, 2.24) is 15.5 Å². The van der Waals surface area contributed by atoms with Crippen molar-refractivity contribution in [3.05, 3.63) is 65.7 Å². The predicted octanol–water partition coefficient (Wildman–Crippen LogP) is 3.54. The number of hydrogen-bond acceptors (Lipinski definition) is 6. The molecule has 212 valence electrons. The number of unbranched alkanes of at least 4 members (excludes halogenated alkanes) is 1. The Labute approximate surface area is 229 Å². The molecule has 2 aromatic carbocycles. The average molecular weight is 541 g/mol. The van der Waals surface area contributed by atoms with Crippen LogP contribution in [0.2, 0.25) is 0 Å². The van der Waals surface area contributed by atoms with Crippen molar-refractivity contribution >= 4 is 23.8 Å². The second kappa shape index (κ2) is 14.8. The zero-order chi connectivity index (χ0) is 29.0. The fourth-order valence-corrected chi connectivity index (χ4v) is 3.94. The van der Waals surface area contributed by atoms with Crippen LogP contribution in [0.1, 0.15) is 70.5 Å². The van der Waals surface area contributed by atoms with Gasteiger partial charge in [0.2, 0.25) is 17.7 Å². The Balaban J connectivity index is 2.47. The third-order valence-corrected chi connectivity index (χ3v) is 5.81. The molecule has 0 saturated carbocycles. The van der Waals surface area contributed by atoms with Gasteiger partial charge in [-0.25, -0.2) is 4.79 Å². The van der Waals surface area contributed by atoms with E-state index in [1.165, 1.54) is 11.0 Å². The summed E-state index contributed by atoms with van der Waals surface area (Å²) >= 11 is 0. The predicted molar refractivity (Wildman–Crippen MR) is 147 cm³/mol. The van der Waals surface area contributed by atoms with Crippen molar-refractivity contribution in [3.8, 4) is 5.75 Å². The molecule has 0 saturated heterocycles. The number of aromatic hydroxyl groups is 1. The Hall–Kier alpha value is -4.08. The lowest BCUT2D eigenvalue weighted by Gasteiger charge is -2.34. The third kappa shape index (κ3) is 10.3. The molecular weight excluding hydrogens is 500 g/mol. The molecule has 0 bridgehead atoms. The molecule has 2 unspecified atom stereocenters. The first kappa shape index (κ1) is 31.1. The second-order valence-electron chi connectivity index (χ2n) is 10.3. The van der Waals surface area contributed by atoms with E-state index in [9.17, 15) is 24.3 Å². The summed E-state index contributed by atoms with van der Waals surface area (Å²) in [4.78, 5) is 53.2. The van der Waals surface area contributed by atoms with Crippen molar-refractivity contribution in [2.24, 2.45) is 5.73 Å². The maximum Gasteiger partial charge on any atom is 0.408 e. The largest absolute Gasteiger partial charge is 0.508 e. The van der Waals surface area contributed by atoms with E-state index < -0.39 is 41.5 Å². The van der Waals surface area contributed by atoms with Crippen LogP contribution in [0.25, 0.3) is 0 Å². The number of hydrogen-bond donors (Lipinski definition) is 4. The van der Waals surface area contributed by atoms with Gasteiger partial charge in [0.1, 0.15) is 23.4 Å². The number of amides is 4. The fraction of sp³-hybridized carbons (Fsp3) is 0.448. The molecule has 0 spiro atoms. The highest BCUT2D eigenvalue weighted by Gasteiger charge is 2.37. The lowest BCUT2D eigenvalue weighted by molar-refractivity contribution is -0.143. The number of para-hydroxylation sites is 1. The molecule has 0 fully saturated rings. The summed E-state index contributed by atoms with van der Waals surface area (Å²) in [6.07, 6.45) is 0.170. The van der Waals surface area contributed by atoms with E-state index in [0.29, 0.717) is 12.8 Å². The Morgan fingerprint density at radius 3 is 2.26 bits per heavy atom. The maximum absolute atomic E-state index is 14.0. The molecule has 0 aliphatic heterocycles. The SMILES string of the molecule is CCCCN(C(=O)C(CCC(N)=O)NC(=O)OC(C)(C)C)C(C(=O)NCc1ccccc1)c1ccccc1O. The highest BCUT2D eigenvalue weighted by Crippen LogP contribution is 2.30. The van der Waals surface area contributed by atoms with E-state index >= 15 is 0 Å².